The summed E-state index contributed by atoms with van der Waals surface area (Å²) in [6, 6.07) is 26.6. The number of nitrogens with zero attached hydrogens (tertiary/aromatic N) is 2. The highest BCUT2D eigenvalue weighted by atomic mass is 35.5. The van der Waals surface area contributed by atoms with Crippen LogP contribution in [0.25, 0.3) is 16.0 Å². The number of aromatic nitrogens is 1. The largest absolute Gasteiger partial charge is 0.507 e. The van der Waals surface area contributed by atoms with Crippen molar-refractivity contribution in [3.8, 4) is 11.5 Å². The van der Waals surface area contributed by atoms with Crippen molar-refractivity contribution in [2.45, 2.75) is 32.1 Å². The lowest BCUT2D eigenvalue weighted by molar-refractivity contribution is -0.132. The molecule has 7 rings (SSSR count). The van der Waals surface area contributed by atoms with Crippen molar-refractivity contribution in [3.63, 3.8) is 0 Å². The fourth-order valence-electron chi connectivity index (χ4n) is 5.57. The Morgan fingerprint density at radius 3 is 2.72 bits per heavy atom. The molecular formula is C34H25ClN2O5S. The second-order valence-corrected chi connectivity index (χ2v) is 12.0. The van der Waals surface area contributed by atoms with E-state index < -0.39 is 17.7 Å². The quantitative estimate of drug-likeness (QED) is 0.122. The predicted octanol–water partition coefficient (Wildman–Crippen LogP) is 7.48. The van der Waals surface area contributed by atoms with E-state index in [1.54, 1.807) is 36.4 Å². The molecule has 4 aromatic carbocycles. The van der Waals surface area contributed by atoms with Crippen molar-refractivity contribution in [1.82, 2.24) is 4.98 Å². The highest BCUT2D eigenvalue weighted by Crippen LogP contribution is 2.45. The number of hydrogen-bond acceptors (Lipinski definition) is 7. The number of Topliss-reactive ketones (excluding diaryl/α,β-unsaturated/α-hetero) is 1. The minimum atomic E-state index is -0.945. The Morgan fingerprint density at radius 1 is 1.05 bits per heavy atom. The molecule has 2 aliphatic heterocycles. The summed E-state index contributed by atoms with van der Waals surface area (Å²) in [6.07, 6.45) is 0.702. The molecule has 1 aromatic heterocycles. The van der Waals surface area contributed by atoms with Crippen LogP contribution in [0.4, 0.5) is 5.13 Å². The molecule has 7 nitrogen and oxygen atoms in total. The number of benzene rings is 4. The zero-order valence-electron chi connectivity index (χ0n) is 23.0. The molecule has 0 bridgehead atoms. The second kappa shape index (κ2) is 10.9. The first-order chi connectivity index (χ1) is 20.9. The van der Waals surface area contributed by atoms with Crippen molar-refractivity contribution in [3.05, 3.63) is 124 Å². The van der Waals surface area contributed by atoms with E-state index in [1.807, 2.05) is 61.5 Å². The Morgan fingerprint density at radius 2 is 1.88 bits per heavy atom. The van der Waals surface area contributed by atoms with Crippen molar-refractivity contribution < 1.29 is 24.2 Å². The molecular weight excluding hydrogens is 584 g/mol. The molecule has 43 heavy (non-hydrogen) atoms. The summed E-state index contributed by atoms with van der Waals surface area (Å²) in [5, 5.41) is 12.5. The maximum atomic E-state index is 13.7. The van der Waals surface area contributed by atoms with Crippen LogP contribution in [0, 0.1) is 0 Å². The lowest BCUT2D eigenvalue weighted by Crippen LogP contribution is -2.29. The molecule has 1 amide bonds. The van der Waals surface area contributed by atoms with E-state index >= 15 is 0 Å². The fourth-order valence-corrected chi connectivity index (χ4v) is 6.84. The van der Waals surface area contributed by atoms with Gasteiger partial charge in [0.15, 0.2) is 5.13 Å². The molecule has 1 N–H and O–H groups in total. The standard InChI is InChI=1S/C34H25ClN2O5S/c1-19-14-23-15-22(10-13-27(23)42-19)31(38)29-30(21-8-5-9-25(16-21)41-18-20-6-3-2-4-7-20)37(33(40)32(29)39)34-36-26-12-11-24(35)17-28(26)43-34/h2-13,15-17,19,30,38H,14,18H2,1H3/b31-29+/t19-,30-/m0/s1. The van der Waals surface area contributed by atoms with Crippen LogP contribution in [0.5, 0.6) is 11.5 Å². The maximum Gasteiger partial charge on any atom is 0.301 e. The van der Waals surface area contributed by atoms with Gasteiger partial charge >= 0.3 is 5.91 Å². The number of aliphatic hydroxyl groups is 1. The zero-order valence-corrected chi connectivity index (χ0v) is 24.6. The van der Waals surface area contributed by atoms with Crippen LogP contribution < -0.4 is 14.4 Å². The number of anilines is 1. The van der Waals surface area contributed by atoms with E-state index in [0.29, 0.717) is 45.6 Å². The Hall–Kier alpha value is -4.66. The Balaban J connectivity index is 1.35. The molecule has 1 fully saturated rings. The van der Waals surface area contributed by atoms with Gasteiger partial charge in [-0.2, -0.15) is 0 Å². The number of amides is 1. The number of rotatable bonds is 6. The van der Waals surface area contributed by atoms with Gasteiger partial charge in [-0.15, -0.1) is 0 Å². The molecule has 0 unspecified atom stereocenters. The summed E-state index contributed by atoms with van der Waals surface area (Å²) in [4.78, 5) is 33.5. The van der Waals surface area contributed by atoms with E-state index in [1.165, 1.54) is 16.2 Å². The van der Waals surface area contributed by atoms with E-state index in [4.69, 9.17) is 21.1 Å². The van der Waals surface area contributed by atoms with Gasteiger partial charge in [0.2, 0.25) is 0 Å². The van der Waals surface area contributed by atoms with Crippen molar-refractivity contribution >= 4 is 55.7 Å². The van der Waals surface area contributed by atoms with Gasteiger partial charge in [-0.1, -0.05) is 65.4 Å². The van der Waals surface area contributed by atoms with Gasteiger partial charge in [0.05, 0.1) is 21.8 Å². The molecule has 3 heterocycles. The third kappa shape index (κ3) is 5.02. The van der Waals surface area contributed by atoms with E-state index in [9.17, 15) is 14.7 Å². The van der Waals surface area contributed by atoms with E-state index in [0.717, 1.165) is 21.6 Å². The average Bonchev–Trinajstić information content (AvgIpc) is 3.68. The first-order valence-electron chi connectivity index (χ1n) is 13.8. The number of carbonyl (C=O) groups excluding carboxylic acids is 2. The highest BCUT2D eigenvalue weighted by Gasteiger charge is 2.48. The minimum absolute atomic E-state index is 0.0177. The number of thiazole rings is 1. The van der Waals surface area contributed by atoms with Gasteiger partial charge in [-0.3, -0.25) is 14.5 Å². The molecule has 214 valence electrons. The smallest absolute Gasteiger partial charge is 0.301 e. The molecule has 1 saturated heterocycles. The van der Waals surface area contributed by atoms with Gasteiger partial charge in [-0.05, 0) is 72.1 Å². The summed E-state index contributed by atoms with van der Waals surface area (Å²) in [5.74, 6) is -0.511. The summed E-state index contributed by atoms with van der Waals surface area (Å²) >= 11 is 7.47. The first-order valence-corrected chi connectivity index (χ1v) is 15.0. The Labute approximate surface area is 256 Å². The molecule has 0 saturated carbocycles. The van der Waals surface area contributed by atoms with Crippen LogP contribution in [0.2, 0.25) is 5.02 Å². The highest BCUT2D eigenvalue weighted by molar-refractivity contribution is 7.22. The summed E-state index contributed by atoms with van der Waals surface area (Å²) in [7, 11) is 0. The molecule has 2 atom stereocenters. The monoisotopic (exact) mass is 608 g/mol. The van der Waals surface area contributed by atoms with E-state index in [2.05, 4.69) is 4.98 Å². The van der Waals surface area contributed by atoms with Crippen LogP contribution in [0.1, 0.15) is 35.2 Å². The number of hydrogen-bond donors (Lipinski definition) is 1. The lowest BCUT2D eigenvalue weighted by atomic mass is 9.94. The number of fused-ring (bicyclic) bond motifs is 2. The number of halogens is 1. The lowest BCUT2D eigenvalue weighted by Gasteiger charge is -2.23. The minimum Gasteiger partial charge on any atom is -0.507 e. The maximum absolute atomic E-state index is 13.7. The van der Waals surface area contributed by atoms with Crippen LogP contribution in [0.15, 0.2) is 96.6 Å². The third-order valence-corrected chi connectivity index (χ3v) is 8.83. The molecule has 0 radical (unpaired) electrons. The molecule has 0 aliphatic carbocycles. The molecule has 0 spiro atoms. The number of ether oxygens (including phenoxy) is 2. The summed E-state index contributed by atoms with van der Waals surface area (Å²) in [6.45, 7) is 2.32. The second-order valence-electron chi connectivity index (χ2n) is 10.6. The third-order valence-electron chi connectivity index (χ3n) is 7.58. The molecule has 5 aromatic rings. The number of carbonyl (C=O) groups is 2. The van der Waals surface area contributed by atoms with Gasteiger partial charge in [0, 0.05) is 17.0 Å². The van der Waals surface area contributed by atoms with Crippen LogP contribution >= 0.6 is 22.9 Å². The van der Waals surface area contributed by atoms with Crippen molar-refractivity contribution in [1.29, 1.82) is 0 Å². The Kier molecular flexibility index (Phi) is 6.88. The van der Waals surface area contributed by atoms with Gasteiger partial charge < -0.3 is 14.6 Å². The summed E-state index contributed by atoms with van der Waals surface area (Å²) in [5.41, 5.74) is 3.60. The fraction of sp³-hybridized carbons (Fsp3) is 0.147. The molecule has 9 heteroatoms. The van der Waals surface area contributed by atoms with E-state index in [-0.39, 0.29) is 17.4 Å². The molecule has 2 aliphatic rings. The predicted molar refractivity (Wildman–Crippen MR) is 167 cm³/mol. The average molecular weight is 609 g/mol. The van der Waals surface area contributed by atoms with Crippen LogP contribution in [-0.4, -0.2) is 27.9 Å². The number of aliphatic hydroxyl groups excluding tert-OH is 1. The topological polar surface area (TPSA) is 89.0 Å². The normalized spacial score (nSPS) is 19.1. The van der Waals surface area contributed by atoms with Gasteiger partial charge in [-0.25, -0.2) is 4.98 Å². The van der Waals surface area contributed by atoms with Crippen LogP contribution in [-0.2, 0) is 22.6 Å². The van der Waals surface area contributed by atoms with Crippen LogP contribution in [0.3, 0.4) is 0 Å². The SMILES string of the molecule is C[C@H]1Cc2cc(/C(O)=C3\C(=O)C(=O)N(c4nc5ccc(Cl)cc5s4)[C@H]3c3cccc(OCc4ccccc4)c3)ccc2O1. The summed E-state index contributed by atoms with van der Waals surface area (Å²) < 4.78 is 12.7. The van der Waals surface area contributed by atoms with Gasteiger partial charge in [0.1, 0.15) is 30.0 Å². The zero-order chi connectivity index (χ0) is 29.7. The van der Waals surface area contributed by atoms with Crippen molar-refractivity contribution in [2.24, 2.45) is 0 Å². The first kappa shape index (κ1) is 27.2. The van der Waals surface area contributed by atoms with Crippen molar-refractivity contribution in [2.75, 3.05) is 4.90 Å². The Bertz CT molecular complexity index is 1940. The van der Waals surface area contributed by atoms with Gasteiger partial charge in [0.25, 0.3) is 5.78 Å². The number of ketones is 1.